The van der Waals surface area contributed by atoms with Gasteiger partial charge in [0, 0.05) is 28.1 Å². The van der Waals surface area contributed by atoms with Crippen LogP contribution in [0.5, 0.6) is 0 Å². The highest BCUT2D eigenvalue weighted by molar-refractivity contribution is 9.10. The Morgan fingerprint density at radius 2 is 2.06 bits per heavy atom. The molecule has 2 nitrogen and oxygen atoms in total. The van der Waals surface area contributed by atoms with Gasteiger partial charge in [-0.15, -0.1) is 11.3 Å². The first-order valence-electron chi connectivity index (χ1n) is 5.55. The molecule has 0 amide bonds. The predicted octanol–water partition coefficient (Wildman–Crippen LogP) is 4.06. The van der Waals surface area contributed by atoms with Crippen molar-refractivity contribution in [2.45, 2.75) is 26.4 Å². The molecule has 0 aliphatic rings. The van der Waals surface area contributed by atoms with Crippen LogP contribution in [0.2, 0.25) is 0 Å². The summed E-state index contributed by atoms with van der Waals surface area (Å²) >= 11 is 5.15. The smallest absolute Gasteiger partial charge is 0.107 e. The minimum atomic E-state index is 0.340. The first-order valence-corrected chi connectivity index (χ1v) is 7.22. The maximum atomic E-state index is 4.44. The Labute approximate surface area is 114 Å². The van der Waals surface area contributed by atoms with Gasteiger partial charge in [0.2, 0.25) is 0 Å². The number of aryl methyl sites for hydroxylation is 1. The zero-order valence-corrected chi connectivity index (χ0v) is 12.3. The summed E-state index contributed by atoms with van der Waals surface area (Å²) < 4.78 is 1.11. The maximum Gasteiger partial charge on any atom is 0.107 e. The van der Waals surface area contributed by atoms with E-state index in [9.17, 15) is 0 Å². The summed E-state index contributed by atoms with van der Waals surface area (Å²) in [6.45, 7) is 5.03. The molecule has 0 fully saturated rings. The molecule has 1 heterocycles. The quantitative estimate of drug-likeness (QED) is 0.921. The number of halogens is 1. The Bertz CT molecular complexity index is 478. The van der Waals surface area contributed by atoms with Crippen LogP contribution in [0.4, 0.5) is 0 Å². The van der Waals surface area contributed by atoms with Crippen molar-refractivity contribution in [2.75, 3.05) is 0 Å². The molecule has 0 bridgehead atoms. The Kier molecular flexibility index (Phi) is 4.31. The van der Waals surface area contributed by atoms with E-state index in [1.165, 1.54) is 5.56 Å². The van der Waals surface area contributed by atoms with Gasteiger partial charge < -0.3 is 5.32 Å². The number of aromatic nitrogens is 1. The van der Waals surface area contributed by atoms with Crippen LogP contribution < -0.4 is 5.32 Å². The summed E-state index contributed by atoms with van der Waals surface area (Å²) in [6, 6.07) is 8.75. The first kappa shape index (κ1) is 12.7. The molecule has 4 heteroatoms. The van der Waals surface area contributed by atoms with Crippen LogP contribution in [0, 0.1) is 6.92 Å². The fraction of sp³-hybridized carbons (Fsp3) is 0.308. The van der Waals surface area contributed by atoms with Gasteiger partial charge in [-0.3, -0.25) is 0 Å². The van der Waals surface area contributed by atoms with Gasteiger partial charge in [0.15, 0.2) is 0 Å². The molecule has 0 saturated heterocycles. The van der Waals surface area contributed by atoms with Crippen LogP contribution in [-0.2, 0) is 6.54 Å². The largest absolute Gasteiger partial charge is 0.304 e. The summed E-state index contributed by atoms with van der Waals surface area (Å²) in [5.74, 6) is 0. The van der Waals surface area contributed by atoms with Crippen LogP contribution in [0.1, 0.15) is 29.2 Å². The average Bonchev–Trinajstić information content (AvgIpc) is 2.73. The molecular weight excluding hydrogens is 296 g/mol. The van der Waals surface area contributed by atoms with E-state index in [0.29, 0.717) is 6.04 Å². The highest BCUT2D eigenvalue weighted by Crippen LogP contribution is 2.17. The second-order valence-electron chi connectivity index (χ2n) is 4.04. The molecule has 1 aromatic heterocycles. The van der Waals surface area contributed by atoms with Crippen molar-refractivity contribution in [2.24, 2.45) is 0 Å². The predicted molar refractivity (Wildman–Crippen MR) is 76.2 cm³/mol. The second-order valence-corrected chi connectivity index (χ2v) is 5.90. The fourth-order valence-corrected chi connectivity index (χ4v) is 2.58. The number of hydrogen-bond donors (Lipinski definition) is 1. The number of rotatable bonds is 4. The van der Waals surface area contributed by atoms with Crippen molar-refractivity contribution in [3.63, 3.8) is 0 Å². The number of hydrogen-bond acceptors (Lipinski definition) is 3. The van der Waals surface area contributed by atoms with Gasteiger partial charge in [-0.05, 0) is 31.5 Å². The van der Waals surface area contributed by atoms with Crippen LogP contribution in [0.15, 0.2) is 34.1 Å². The van der Waals surface area contributed by atoms with E-state index in [1.807, 2.05) is 6.92 Å². The molecule has 1 atom stereocenters. The van der Waals surface area contributed by atoms with E-state index >= 15 is 0 Å². The number of nitrogens with zero attached hydrogens (tertiary/aromatic N) is 1. The molecule has 0 radical (unpaired) electrons. The molecule has 1 N–H and O–H groups in total. The summed E-state index contributed by atoms with van der Waals surface area (Å²) in [5, 5.41) is 6.71. The molecule has 2 rings (SSSR count). The van der Waals surface area contributed by atoms with Crippen LogP contribution in [0.25, 0.3) is 0 Å². The Morgan fingerprint density at radius 1 is 1.35 bits per heavy atom. The first-order chi connectivity index (χ1) is 8.15. The molecular formula is C13H15BrN2S. The van der Waals surface area contributed by atoms with Crippen molar-refractivity contribution in [1.82, 2.24) is 10.3 Å². The third-order valence-corrected chi connectivity index (χ3v) is 4.09. The summed E-state index contributed by atoms with van der Waals surface area (Å²) in [7, 11) is 0. The van der Waals surface area contributed by atoms with Crippen LogP contribution in [-0.4, -0.2) is 4.98 Å². The molecule has 17 heavy (non-hydrogen) atoms. The Morgan fingerprint density at radius 3 is 2.65 bits per heavy atom. The molecule has 2 aromatic rings. The zero-order chi connectivity index (χ0) is 12.3. The van der Waals surface area contributed by atoms with Crippen molar-refractivity contribution >= 4 is 27.3 Å². The van der Waals surface area contributed by atoms with E-state index in [1.54, 1.807) is 11.3 Å². The van der Waals surface area contributed by atoms with Gasteiger partial charge in [0.25, 0.3) is 0 Å². The lowest BCUT2D eigenvalue weighted by molar-refractivity contribution is 0.573. The molecule has 90 valence electrons. The SMILES string of the molecule is Cc1csc(CN[C@@H](C)c2ccc(Br)cc2)n1. The van der Waals surface area contributed by atoms with E-state index in [-0.39, 0.29) is 0 Å². The van der Waals surface area contributed by atoms with Gasteiger partial charge in [0.1, 0.15) is 5.01 Å². The van der Waals surface area contributed by atoms with Gasteiger partial charge in [-0.2, -0.15) is 0 Å². The molecule has 0 aliphatic heterocycles. The van der Waals surface area contributed by atoms with E-state index in [2.05, 4.69) is 62.8 Å². The van der Waals surface area contributed by atoms with E-state index in [0.717, 1.165) is 21.7 Å². The second kappa shape index (κ2) is 5.76. The Hall–Kier alpha value is -0.710. The normalized spacial score (nSPS) is 12.6. The van der Waals surface area contributed by atoms with Crippen molar-refractivity contribution in [3.05, 3.63) is 50.4 Å². The lowest BCUT2D eigenvalue weighted by Crippen LogP contribution is -2.17. The van der Waals surface area contributed by atoms with Crippen molar-refractivity contribution in [1.29, 1.82) is 0 Å². The van der Waals surface area contributed by atoms with Gasteiger partial charge >= 0.3 is 0 Å². The minimum absolute atomic E-state index is 0.340. The van der Waals surface area contributed by atoms with Gasteiger partial charge in [-0.1, -0.05) is 28.1 Å². The minimum Gasteiger partial charge on any atom is -0.304 e. The Balaban J connectivity index is 1.93. The third kappa shape index (κ3) is 3.63. The standard InChI is InChI=1S/C13H15BrN2S/c1-9-8-17-13(16-9)7-15-10(2)11-3-5-12(14)6-4-11/h3-6,8,10,15H,7H2,1-2H3/t10-/m0/s1. The van der Waals surface area contributed by atoms with E-state index < -0.39 is 0 Å². The molecule has 0 unspecified atom stereocenters. The van der Waals surface area contributed by atoms with Crippen molar-refractivity contribution in [3.8, 4) is 0 Å². The highest BCUT2D eigenvalue weighted by atomic mass is 79.9. The summed E-state index contributed by atoms with van der Waals surface area (Å²) in [4.78, 5) is 4.44. The van der Waals surface area contributed by atoms with Gasteiger partial charge in [0.05, 0.1) is 0 Å². The lowest BCUT2D eigenvalue weighted by atomic mass is 10.1. The summed E-state index contributed by atoms with van der Waals surface area (Å²) in [5.41, 5.74) is 2.39. The molecule has 0 aliphatic carbocycles. The molecule has 1 aromatic carbocycles. The lowest BCUT2D eigenvalue weighted by Gasteiger charge is -2.13. The number of benzene rings is 1. The van der Waals surface area contributed by atoms with E-state index in [4.69, 9.17) is 0 Å². The fourth-order valence-electron chi connectivity index (χ4n) is 1.59. The topological polar surface area (TPSA) is 24.9 Å². The number of nitrogens with one attached hydrogen (secondary N) is 1. The number of thiazole rings is 1. The molecule has 0 spiro atoms. The summed E-state index contributed by atoms with van der Waals surface area (Å²) in [6.07, 6.45) is 0. The van der Waals surface area contributed by atoms with Crippen LogP contribution >= 0.6 is 27.3 Å². The zero-order valence-electron chi connectivity index (χ0n) is 9.90. The van der Waals surface area contributed by atoms with Crippen molar-refractivity contribution < 1.29 is 0 Å². The van der Waals surface area contributed by atoms with Crippen LogP contribution in [0.3, 0.4) is 0 Å². The highest BCUT2D eigenvalue weighted by Gasteiger charge is 2.05. The monoisotopic (exact) mass is 310 g/mol. The maximum absolute atomic E-state index is 4.44. The van der Waals surface area contributed by atoms with Gasteiger partial charge in [-0.25, -0.2) is 4.98 Å². The molecule has 0 saturated carbocycles. The third-order valence-electron chi connectivity index (χ3n) is 2.60. The average molecular weight is 311 g/mol.